The molecule has 2 saturated carbocycles. The van der Waals surface area contributed by atoms with Crippen LogP contribution in [0.3, 0.4) is 0 Å². The van der Waals surface area contributed by atoms with E-state index in [4.69, 9.17) is 9.73 Å². The summed E-state index contributed by atoms with van der Waals surface area (Å²) in [6, 6.07) is 9.74. The Labute approximate surface area is 163 Å². The van der Waals surface area contributed by atoms with Crippen molar-refractivity contribution in [3.05, 3.63) is 29.8 Å². The number of fused-ring (bicyclic) bond motifs is 3. The Balaban J connectivity index is 1.28. The first kappa shape index (κ1) is 17.4. The normalized spacial score (nSPS) is 34.3. The van der Waals surface area contributed by atoms with Gasteiger partial charge in [0.25, 0.3) is 0 Å². The van der Waals surface area contributed by atoms with Crippen LogP contribution >= 0.6 is 0 Å². The van der Waals surface area contributed by atoms with Gasteiger partial charge in [0.1, 0.15) is 5.75 Å². The van der Waals surface area contributed by atoms with Gasteiger partial charge in [-0.05, 0) is 74.5 Å². The Kier molecular flexibility index (Phi) is 4.53. The summed E-state index contributed by atoms with van der Waals surface area (Å²) < 4.78 is 5.32. The van der Waals surface area contributed by atoms with Crippen LogP contribution in [0.25, 0.3) is 0 Å². The number of aliphatic imine (C=N–C) groups is 1. The molecule has 2 bridgehead atoms. The lowest BCUT2D eigenvalue weighted by molar-refractivity contribution is 0.258. The van der Waals surface area contributed by atoms with Gasteiger partial charge >= 0.3 is 0 Å². The quantitative estimate of drug-likeness (QED) is 0.765. The van der Waals surface area contributed by atoms with Crippen molar-refractivity contribution in [3.8, 4) is 5.75 Å². The van der Waals surface area contributed by atoms with Gasteiger partial charge in [-0.3, -0.25) is 4.99 Å². The third-order valence-electron chi connectivity index (χ3n) is 7.65. The summed E-state index contributed by atoms with van der Waals surface area (Å²) >= 11 is 0. The number of hydrogen-bond acceptors (Lipinski definition) is 4. The Morgan fingerprint density at radius 3 is 2.70 bits per heavy atom. The summed E-state index contributed by atoms with van der Waals surface area (Å²) in [6.45, 7) is 5.61. The van der Waals surface area contributed by atoms with Crippen LogP contribution in [-0.2, 0) is 6.42 Å². The second-order valence-electron chi connectivity index (χ2n) is 9.27. The second-order valence-corrected chi connectivity index (χ2v) is 9.27. The van der Waals surface area contributed by atoms with Crippen LogP contribution in [0.4, 0.5) is 0 Å². The highest BCUT2D eigenvalue weighted by molar-refractivity contribution is 5.84. The third-order valence-corrected chi connectivity index (χ3v) is 7.65. The van der Waals surface area contributed by atoms with Gasteiger partial charge in [-0.1, -0.05) is 18.6 Å². The van der Waals surface area contributed by atoms with Crippen molar-refractivity contribution in [3.63, 3.8) is 0 Å². The molecule has 3 unspecified atom stereocenters. The Bertz CT molecular complexity index is 700. The lowest BCUT2D eigenvalue weighted by Gasteiger charge is -2.29. The van der Waals surface area contributed by atoms with Crippen LogP contribution in [0.1, 0.15) is 44.6 Å². The summed E-state index contributed by atoms with van der Waals surface area (Å²) in [5, 5.41) is 0. The van der Waals surface area contributed by atoms with Crippen molar-refractivity contribution in [2.24, 2.45) is 22.7 Å². The molecule has 2 heterocycles. The number of ether oxygens (including phenoxy) is 1. The zero-order chi connectivity index (χ0) is 18.4. The second kappa shape index (κ2) is 7.03. The first-order valence-corrected chi connectivity index (χ1v) is 10.9. The fourth-order valence-electron chi connectivity index (χ4n) is 6.13. The van der Waals surface area contributed by atoms with Crippen molar-refractivity contribution in [1.29, 1.82) is 0 Å². The molecule has 0 spiro atoms. The smallest absolute Gasteiger partial charge is 0.197 e. The molecule has 4 nitrogen and oxygen atoms in total. The molecule has 146 valence electrons. The number of rotatable bonds is 6. The molecule has 4 aliphatic rings. The van der Waals surface area contributed by atoms with Gasteiger partial charge in [0, 0.05) is 19.1 Å². The molecule has 0 amide bonds. The summed E-state index contributed by atoms with van der Waals surface area (Å²) in [7, 11) is 1.73. The summed E-state index contributed by atoms with van der Waals surface area (Å²) in [4.78, 5) is 10.1. The molecular weight excluding hydrogens is 334 g/mol. The molecule has 0 aromatic heterocycles. The maximum absolute atomic E-state index is 5.32. The first-order chi connectivity index (χ1) is 13.2. The van der Waals surface area contributed by atoms with E-state index < -0.39 is 0 Å². The van der Waals surface area contributed by atoms with Gasteiger partial charge in [0.15, 0.2) is 5.96 Å². The minimum absolute atomic E-state index is 0.554. The Morgan fingerprint density at radius 2 is 2.00 bits per heavy atom. The van der Waals surface area contributed by atoms with Crippen molar-refractivity contribution in [2.45, 2.75) is 57.5 Å². The lowest BCUT2D eigenvalue weighted by atomic mass is 9.86. The molecule has 27 heavy (non-hydrogen) atoms. The summed E-state index contributed by atoms with van der Waals surface area (Å²) in [5.41, 5.74) is 1.40. The lowest BCUT2D eigenvalue weighted by Crippen LogP contribution is -2.38. The van der Waals surface area contributed by atoms with E-state index in [1.165, 1.54) is 50.2 Å². The van der Waals surface area contributed by atoms with Gasteiger partial charge in [0.05, 0.1) is 19.7 Å². The molecule has 5 atom stereocenters. The Morgan fingerprint density at radius 1 is 1.15 bits per heavy atom. The van der Waals surface area contributed by atoms with Crippen molar-refractivity contribution < 1.29 is 4.74 Å². The number of nitrogens with zero attached hydrogens (tertiary/aromatic N) is 3. The van der Waals surface area contributed by atoms with E-state index in [0.717, 1.165) is 43.0 Å². The monoisotopic (exact) mass is 367 g/mol. The van der Waals surface area contributed by atoms with Crippen LogP contribution in [0, 0.1) is 17.8 Å². The van der Waals surface area contributed by atoms with E-state index in [0.29, 0.717) is 12.1 Å². The third kappa shape index (κ3) is 3.21. The average molecular weight is 368 g/mol. The number of benzene rings is 1. The van der Waals surface area contributed by atoms with Gasteiger partial charge in [-0.15, -0.1) is 0 Å². The molecule has 5 rings (SSSR count). The minimum Gasteiger partial charge on any atom is -0.497 e. The zero-order valence-corrected chi connectivity index (χ0v) is 16.8. The maximum atomic E-state index is 5.32. The zero-order valence-electron chi connectivity index (χ0n) is 16.8. The van der Waals surface area contributed by atoms with Gasteiger partial charge in [-0.25, -0.2) is 0 Å². The van der Waals surface area contributed by atoms with Crippen molar-refractivity contribution in [2.75, 3.05) is 26.7 Å². The first-order valence-electron chi connectivity index (χ1n) is 10.9. The van der Waals surface area contributed by atoms with Crippen LogP contribution in [0.15, 0.2) is 29.3 Å². The SMILES string of the molecule is COc1ccc(C[C@@H]2CN3C(=NC[C@@H]3C)N2CCC2CC3CCC2C3)cc1. The van der Waals surface area contributed by atoms with Gasteiger partial charge in [-0.2, -0.15) is 0 Å². The van der Waals surface area contributed by atoms with E-state index >= 15 is 0 Å². The van der Waals surface area contributed by atoms with E-state index in [-0.39, 0.29) is 0 Å². The topological polar surface area (TPSA) is 28.1 Å². The largest absolute Gasteiger partial charge is 0.497 e. The molecule has 1 aromatic rings. The number of hydrogen-bond donors (Lipinski definition) is 0. The van der Waals surface area contributed by atoms with E-state index in [1.54, 1.807) is 7.11 Å². The fraction of sp³-hybridized carbons (Fsp3) is 0.696. The summed E-state index contributed by atoms with van der Waals surface area (Å²) in [5.74, 6) is 5.27. The van der Waals surface area contributed by atoms with E-state index in [1.807, 2.05) is 0 Å². The van der Waals surface area contributed by atoms with Crippen LogP contribution in [-0.4, -0.2) is 54.6 Å². The number of methoxy groups -OCH3 is 1. The van der Waals surface area contributed by atoms with E-state index in [9.17, 15) is 0 Å². The molecule has 0 N–H and O–H groups in total. The van der Waals surface area contributed by atoms with Gasteiger partial charge < -0.3 is 14.5 Å². The number of guanidine groups is 1. The summed E-state index contributed by atoms with van der Waals surface area (Å²) in [6.07, 6.45) is 8.47. The highest BCUT2D eigenvalue weighted by Crippen LogP contribution is 2.49. The van der Waals surface area contributed by atoms with Crippen LogP contribution in [0.5, 0.6) is 5.75 Å². The average Bonchev–Trinajstić information content (AvgIpc) is 3.45. The molecule has 2 aliphatic heterocycles. The molecule has 2 aliphatic carbocycles. The predicted molar refractivity (Wildman–Crippen MR) is 109 cm³/mol. The highest BCUT2D eigenvalue weighted by atomic mass is 16.5. The van der Waals surface area contributed by atoms with E-state index in [2.05, 4.69) is 41.0 Å². The standard InChI is InChI=1S/C23H33N3O/c1-16-14-24-23-25(10-9-20-12-18-3-6-19(20)11-18)21(15-26(16)23)13-17-4-7-22(27-2)8-5-17/h4-5,7-8,16,18-21H,3,6,9-15H2,1-2H3/t16-,18?,19?,20?,21+/m0/s1. The van der Waals surface area contributed by atoms with Crippen molar-refractivity contribution >= 4 is 5.96 Å². The predicted octanol–water partition coefficient (Wildman–Crippen LogP) is 3.81. The Hall–Kier alpha value is -1.71. The highest BCUT2D eigenvalue weighted by Gasteiger charge is 2.43. The fourth-order valence-corrected chi connectivity index (χ4v) is 6.13. The minimum atomic E-state index is 0.554. The molecule has 0 radical (unpaired) electrons. The molecule has 1 aromatic carbocycles. The molecule has 1 saturated heterocycles. The molecule has 4 heteroatoms. The molecular formula is C23H33N3O. The van der Waals surface area contributed by atoms with Crippen molar-refractivity contribution in [1.82, 2.24) is 9.80 Å². The van der Waals surface area contributed by atoms with Crippen LogP contribution in [0.2, 0.25) is 0 Å². The van der Waals surface area contributed by atoms with Gasteiger partial charge in [0.2, 0.25) is 0 Å². The molecule has 3 fully saturated rings. The maximum Gasteiger partial charge on any atom is 0.197 e. The van der Waals surface area contributed by atoms with Crippen LogP contribution < -0.4 is 4.74 Å².